The molecule has 176 valence electrons. The molecule has 1 aromatic heterocycles. The van der Waals surface area contributed by atoms with Crippen LogP contribution in [0.25, 0.3) is 6.08 Å². The van der Waals surface area contributed by atoms with Crippen LogP contribution in [-0.4, -0.2) is 57.5 Å². The Hall–Kier alpha value is -2.85. The summed E-state index contributed by atoms with van der Waals surface area (Å²) in [4.78, 5) is 43.0. The molecule has 9 nitrogen and oxygen atoms in total. The molecular weight excluding hydrogens is 446 g/mol. The molecule has 3 aliphatic rings. The summed E-state index contributed by atoms with van der Waals surface area (Å²) in [5.41, 5.74) is 7.48. The normalized spacial score (nSPS) is 24.2. The third kappa shape index (κ3) is 5.39. The molecule has 1 saturated carbocycles. The van der Waals surface area contributed by atoms with E-state index in [1.54, 1.807) is 24.5 Å². The van der Waals surface area contributed by atoms with Gasteiger partial charge in [0.25, 0.3) is 0 Å². The van der Waals surface area contributed by atoms with Crippen LogP contribution in [0.3, 0.4) is 0 Å². The summed E-state index contributed by atoms with van der Waals surface area (Å²) in [6.45, 7) is 1.43. The van der Waals surface area contributed by atoms with Gasteiger partial charge in [0, 0.05) is 25.1 Å². The summed E-state index contributed by atoms with van der Waals surface area (Å²) >= 11 is 1.48. The summed E-state index contributed by atoms with van der Waals surface area (Å²) in [5, 5.41) is -0.330. The number of carbonyl (C=O) groups excluding carboxylic acids is 3. The minimum Gasteiger partial charge on any atom is -0.431 e. The molecule has 0 bridgehead atoms. The number of thioether (sulfide) groups is 1. The van der Waals surface area contributed by atoms with Crippen molar-refractivity contribution in [1.29, 1.82) is 0 Å². The van der Waals surface area contributed by atoms with E-state index in [0.29, 0.717) is 11.3 Å². The van der Waals surface area contributed by atoms with Crippen molar-refractivity contribution in [3.63, 3.8) is 0 Å². The average molecular weight is 474 g/mol. The molecule has 4 rings (SSSR count). The molecule has 2 N–H and O–H groups in total. The molecule has 10 heteroatoms. The highest BCUT2D eigenvalue weighted by molar-refractivity contribution is 8.00. The van der Waals surface area contributed by atoms with Crippen molar-refractivity contribution in [3.05, 3.63) is 47.4 Å². The predicted molar refractivity (Wildman–Crippen MR) is 121 cm³/mol. The van der Waals surface area contributed by atoms with Gasteiger partial charge >= 0.3 is 12.1 Å². The van der Waals surface area contributed by atoms with Gasteiger partial charge in [-0.25, -0.2) is 9.59 Å². The number of pyridine rings is 1. The molecule has 0 aromatic carbocycles. The highest BCUT2D eigenvalue weighted by atomic mass is 32.2. The van der Waals surface area contributed by atoms with E-state index in [1.165, 1.54) is 23.6 Å². The van der Waals surface area contributed by atoms with E-state index in [4.69, 9.17) is 19.9 Å². The van der Waals surface area contributed by atoms with Gasteiger partial charge in [-0.05, 0) is 42.9 Å². The number of nitrogens with two attached hydrogens (primary N) is 1. The number of β-lactam (4-membered cyclic amide) rings is 1. The maximum atomic E-state index is 13.0. The second-order valence-corrected chi connectivity index (χ2v) is 9.25. The third-order valence-electron chi connectivity index (χ3n) is 5.74. The van der Waals surface area contributed by atoms with E-state index < -0.39 is 24.5 Å². The molecular formula is C23H27N3O6S. The van der Waals surface area contributed by atoms with E-state index in [9.17, 15) is 14.4 Å². The number of amides is 1. The SMILES string of the molecule is CC(OC(=O)OC1CCCCC1)OC(=O)C1=C(/C=C\c2cccnc2)CS[C@@H]2[C@H](N)C(=O)N12. The van der Waals surface area contributed by atoms with Gasteiger partial charge in [-0.15, -0.1) is 11.8 Å². The number of esters is 1. The third-order valence-corrected chi connectivity index (χ3v) is 7.07. The predicted octanol–water partition coefficient (Wildman–Crippen LogP) is 2.97. The molecule has 1 amide bonds. The van der Waals surface area contributed by atoms with E-state index >= 15 is 0 Å². The Kier molecular flexibility index (Phi) is 7.34. The first-order valence-corrected chi connectivity index (χ1v) is 12.1. The minimum absolute atomic E-state index is 0.113. The zero-order chi connectivity index (χ0) is 23.4. The molecule has 3 heterocycles. The first-order chi connectivity index (χ1) is 15.9. The summed E-state index contributed by atoms with van der Waals surface area (Å²) in [7, 11) is 0. The van der Waals surface area contributed by atoms with Crippen LogP contribution in [0.4, 0.5) is 4.79 Å². The second-order valence-electron chi connectivity index (χ2n) is 8.15. The summed E-state index contributed by atoms with van der Waals surface area (Å²) in [6.07, 6.45) is 9.47. The topological polar surface area (TPSA) is 121 Å². The maximum Gasteiger partial charge on any atom is 0.511 e. The van der Waals surface area contributed by atoms with Gasteiger partial charge < -0.3 is 19.9 Å². The highest BCUT2D eigenvalue weighted by Crippen LogP contribution is 2.40. The number of ether oxygens (including phenoxy) is 3. The number of allylic oxidation sites excluding steroid dienone is 1. The molecule has 33 heavy (non-hydrogen) atoms. The Balaban J connectivity index is 1.45. The number of hydrogen-bond donors (Lipinski definition) is 1. The lowest BCUT2D eigenvalue weighted by Gasteiger charge is -2.48. The van der Waals surface area contributed by atoms with Crippen LogP contribution in [0.1, 0.15) is 44.6 Å². The quantitative estimate of drug-likeness (QED) is 0.377. The zero-order valence-electron chi connectivity index (χ0n) is 18.3. The molecule has 2 aliphatic heterocycles. The molecule has 1 aliphatic carbocycles. The van der Waals surface area contributed by atoms with Gasteiger partial charge in [0.2, 0.25) is 12.2 Å². The second kappa shape index (κ2) is 10.4. The smallest absolute Gasteiger partial charge is 0.431 e. The Morgan fingerprint density at radius 3 is 2.76 bits per heavy atom. The first kappa shape index (κ1) is 23.3. The average Bonchev–Trinajstić information content (AvgIpc) is 2.82. The molecule has 1 aromatic rings. The van der Waals surface area contributed by atoms with E-state index in [2.05, 4.69) is 4.98 Å². The van der Waals surface area contributed by atoms with Crippen molar-refractivity contribution in [2.75, 3.05) is 5.75 Å². The van der Waals surface area contributed by atoms with Crippen molar-refractivity contribution in [2.24, 2.45) is 5.73 Å². The number of aromatic nitrogens is 1. The number of nitrogens with zero attached hydrogens (tertiary/aromatic N) is 2. The molecule has 1 unspecified atom stereocenters. The summed E-state index contributed by atoms with van der Waals surface area (Å²) < 4.78 is 15.8. The lowest BCUT2D eigenvalue weighted by atomic mass is 9.98. The maximum absolute atomic E-state index is 13.0. The number of hydrogen-bond acceptors (Lipinski definition) is 9. The zero-order valence-corrected chi connectivity index (χ0v) is 19.2. The fourth-order valence-corrected chi connectivity index (χ4v) is 5.31. The van der Waals surface area contributed by atoms with Crippen LogP contribution in [0.5, 0.6) is 0 Å². The van der Waals surface area contributed by atoms with Crippen LogP contribution in [-0.2, 0) is 23.8 Å². The van der Waals surface area contributed by atoms with Gasteiger partial charge in [0.1, 0.15) is 23.2 Å². The van der Waals surface area contributed by atoms with Crippen molar-refractivity contribution in [2.45, 2.75) is 62.8 Å². The number of carbonyl (C=O) groups is 3. The molecule has 2 fully saturated rings. The molecule has 3 atom stereocenters. The van der Waals surface area contributed by atoms with Crippen molar-refractivity contribution in [1.82, 2.24) is 9.88 Å². The highest BCUT2D eigenvalue weighted by Gasteiger charge is 2.52. The van der Waals surface area contributed by atoms with Gasteiger partial charge in [-0.3, -0.25) is 14.7 Å². The van der Waals surface area contributed by atoms with Crippen molar-refractivity contribution < 1.29 is 28.6 Å². The monoisotopic (exact) mass is 473 g/mol. The summed E-state index contributed by atoms with van der Waals surface area (Å²) in [6, 6.07) is 3.01. The van der Waals surface area contributed by atoms with Crippen LogP contribution in [0, 0.1) is 0 Å². The van der Waals surface area contributed by atoms with Gasteiger partial charge in [-0.1, -0.05) is 24.6 Å². The van der Waals surface area contributed by atoms with Gasteiger partial charge in [0.15, 0.2) is 0 Å². The van der Waals surface area contributed by atoms with E-state index in [0.717, 1.165) is 37.7 Å². The van der Waals surface area contributed by atoms with Crippen molar-refractivity contribution >= 4 is 35.9 Å². The fourth-order valence-electron chi connectivity index (χ4n) is 4.04. The number of rotatable bonds is 6. The molecule has 0 spiro atoms. The lowest BCUT2D eigenvalue weighted by Crippen LogP contribution is -2.68. The van der Waals surface area contributed by atoms with E-state index in [-0.39, 0.29) is 23.1 Å². The lowest BCUT2D eigenvalue weighted by molar-refractivity contribution is -0.169. The fraction of sp³-hybridized carbons (Fsp3) is 0.478. The standard InChI is InChI=1S/C23H27N3O6S/c1-14(31-23(29)32-17-7-3-2-4-8-17)30-22(28)19-16(10-9-15-6-5-11-25-12-15)13-33-21-18(24)20(27)26(19)21/h5-6,9-12,14,17-18,21H,2-4,7-8,13,24H2,1H3/b10-9-/t14?,18-,21-/m1/s1. The summed E-state index contributed by atoms with van der Waals surface area (Å²) in [5.74, 6) is -0.636. The Bertz CT molecular complexity index is 960. The Morgan fingerprint density at radius 1 is 1.24 bits per heavy atom. The molecule has 1 saturated heterocycles. The van der Waals surface area contributed by atoms with E-state index in [1.807, 2.05) is 12.1 Å². The largest absolute Gasteiger partial charge is 0.511 e. The van der Waals surface area contributed by atoms with Crippen molar-refractivity contribution in [3.8, 4) is 0 Å². The number of fused-ring (bicyclic) bond motifs is 1. The van der Waals surface area contributed by atoms with Crippen LogP contribution in [0.2, 0.25) is 0 Å². The first-order valence-electron chi connectivity index (χ1n) is 11.0. The van der Waals surface area contributed by atoms with Crippen LogP contribution >= 0.6 is 11.8 Å². The Labute approximate surface area is 196 Å². The molecule has 0 radical (unpaired) electrons. The van der Waals surface area contributed by atoms with Gasteiger partial charge in [-0.2, -0.15) is 0 Å². The van der Waals surface area contributed by atoms with Crippen LogP contribution < -0.4 is 5.73 Å². The minimum atomic E-state index is -1.18. The van der Waals surface area contributed by atoms with Gasteiger partial charge in [0.05, 0.1) is 0 Å². The van der Waals surface area contributed by atoms with Crippen LogP contribution in [0.15, 0.2) is 41.9 Å². The Morgan fingerprint density at radius 2 is 2.03 bits per heavy atom.